The van der Waals surface area contributed by atoms with Gasteiger partial charge in [0, 0.05) is 22.8 Å². The van der Waals surface area contributed by atoms with Crippen LogP contribution < -0.4 is 5.32 Å². The van der Waals surface area contributed by atoms with Crippen molar-refractivity contribution in [1.29, 1.82) is 0 Å². The molecule has 0 spiro atoms. The number of nitrogens with one attached hydrogen (secondary N) is 1. The first-order valence-corrected chi connectivity index (χ1v) is 8.86. The molecule has 1 saturated carbocycles. The largest absolute Gasteiger partial charge is 0.351 e. The lowest BCUT2D eigenvalue weighted by Crippen LogP contribution is -2.40. The molecule has 1 aliphatic rings. The summed E-state index contributed by atoms with van der Waals surface area (Å²) >= 11 is 0. The molecule has 6 heteroatoms. The lowest BCUT2D eigenvalue weighted by atomic mass is 9.70. The number of carbonyl (C=O) groups excluding carboxylic acids is 1. The van der Waals surface area contributed by atoms with Crippen molar-refractivity contribution in [3.05, 3.63) is 29.3 Å². The van der Waals surface area contributed by atoms with Gasteiger partial charge in [0.15, 0.2) is 0 Å². The number of aryl methyl sites for hydroxylation is 1. The van der Waals surface area contributed by atoms with Gasteiger partial charge >= 0.3 is 0 Å². The summed E-state index contributed by atoms with van der Waals surface area (Å²) in [6.07, 6.45) is 3.43. The Labute approximate surface area is 123 Å². The van der Waals surface area contributed by atoms with Gasteiger partial charge in [-0.2, -0.15) is 0 Å². The lowest BCUT2D eigenvalue weighted by Gasteiger charge is -2.38. The summed E-state index contributed by atoms with van der Waals surface area (Å²) < 4.78 is 22.7. The summed E-state index contributed by atoms with van der Waals surface area (Å²) in [5.74, 6) is -0.252. The Morgan fingerprint density at radius 3 is 2.55 bits per heavy atom. The molecular formula is C14H18ClNO3S. The Hall–Kier alpha value is -1.07. The molecule has 1 N–H and O–H groups in total. The van der Waals surface area contributed by atoms with E-state index in [1.807, 2.05) is 0 Å². The molecule has 110 valence electrons. The summed E-state index contributed by atoms with van der Waals surface area (Å²) in [4.78, 5) is 12.1. The molecule has 4 nitrogen and oxygen atoms in total. The van der Waals surface area contributed by atoms with E-state index in [4.69, 9.17) is 10.7 Å². The van der Waals surface area contributed by atoms with Gasteiger partial charge < -0.3 is 5.32 Å². The number of benzene rings is 1. The van der Waals surface area contributed by atoms with Crippen molar-refractivity contribution >= 4 is 25.6 Å². The van der Waals surface area contributed by atoms with Gasteiger partial charge in [-0.15, -0.1) is 0 Å². The summed E-state index contributed by atoms with van der Waals surface area (Å²) in [7, 11) is 1.49. The summed E-state index contributed by atoms with van der Waals surface area (Å²) in [6.45, 7) is 4.52. The van der Waals surface area contributed by atoms with Gasteiger partial charge in [-0.25, -0.2) is 8.42 Å². The molecule has 0 bridgehead atoms. The van der Waals surface area contributed by atoms with Crippen molar-refractivity contribution < 1.29 is 13.2 Å². The SMILES string of the molecule is Cc1ccc(S(=O)(=O)Cl)cc1C(=O)NCC1(C)CCC1. The molecule has 1 fully saturated rings. The minimum Gasteiger partial charge on any atom is -0.351 e. The van der Waals surface area contributed by atoms with E-state index in [1.165, 1.54) is 18.6 Å². The lowest BCUT2D eigenvalue weighted by molar-refractivity contribution is 0.0890. The second-order valence-corrected chi connectivity index (χ2v) is 8.33. The molecule has 1 amide bonds. The Morgan fingerprint density at radius 1 is 1.40 bits per heavy atom. The van der Waals surface area contributed by atoms with Crippen LogP contribution >= 0.6 is 10.7 Å². The third-order valence-electron chi connectivity index (χ3n) is 3.97. The van der Waals surface area contributed by atoms with Crippen LogP contribution in [0.5, 0.6) is 0 Å². The first-order valence-electron chi connectivity index (χ1n) is 6.55. The van der Waals surface area contributed by atoms with Crippen molar-refractivity contribution in [3.63, 3.8) is 0 Å². The Bertz CT molecular complexity index is 636. The highest BCUT2D eigenvalue weighted by Gasteiger charge is 2.32. The fourth-order valence-corrected chi connectivity index (χ4v) is 3.12. The van der Waals surface area contributed by atoms with Crippen molar-refractivity contribution in [2.45, 2.75) is 38.0 Å². The van der Waals surface area contributed by atoms with E-state index in [2.05, 4.69) is 12.2 Å². The third-order valence-corrected chi connectivity index (χ3v) is 5.32. The van der Waals surface area contributed by atoms with Crippen molar-refractivity contribution in [2.75, 3.05) is 6.54 Å². The quantitative estimate of drug-likeness (QED) is 0.869. The third kappa shape index (κ3) is 3.33. The zero-order valence-electron chi connectivity index (χ0n) is 11.6. The average Bonchev–Trinajstić information content (AvgIpc) is 2.32. The number of rotatable bonds is 4. The highest BCUT2D eigenvalue weighted by atomic mass is 35.7. The zero-order chi connectivity index (χ0) is 15.0. The molecule has 2 rings (SSSR count). The monoisotopic (exact) mass is 315 g/mol. The predicted octanol–water partition coefficient (Wildman–Crippen LogP) is 2.84. The van der Waals surface area contributed by atoms with Gasteiger partial charge in [0.25, 0.3) is 15.0 Å². The smallest absolute Gasteiger partial charge is 0.261 e. The molecule has 0 aromatic heterocycles. The minimum absolute atomic E-state index is 0.0511. The molecule has 1 aromatic carbocycles. The standard InChI is InChI=1S/C14H18ClNO3S/c1-10-4-5-11(20(15,18)19)8-12(10)13(17)16-9-14(2)6-3-7-14/h4-5,8H,3,6-7,9H2,1-2H3,(H,16,17). The van der Waals surface area contributed by atoms with Gasteiger partial charge in [-0.1, -0.05) is 19.4 Å². The molecule has 0 radical (unpaired) electrons. The highest BCUT2D eigenvalue weighted by Crippen LogP contribution is 2.39. The maximum atomic E-state index is 12.2. The van der Waals surface area contributed by atoms with E-state index in [1.54, 1.807) is 13.0 Å². The topological polar surface area (TPSA) is 63.2 Å². The first kappa shape index (κ1) is 15.3. The minimum atomic E-state index is -3.82. The van der Waals surface area contributed by atoms with Crippen LogP contribution in [0.1, 0.15) is 42.1 Å². The number of hydrogen-bond donors (Lipinski definition) is 1. The Morgan fingerprint density at radius 2 is 2.05 bits per heavy atom. The fourth-order valence-electron chi connectivity index (χ4n) is 2.34. The number of carbonyl (C=O) groups is 1. The first-order chi connectivity index (χ1) is 9.21. The summed E-state index contributed by atoms with van der Waals surface area (Å²) in [5.41, 5.74) is 1.26. The van der Waals surface area contributed by atoms with E-state index >= 15 is 0 Å². The molecule has 0 unspecified atom stereocenters. The average molecular weight is 316 g/mol. The summed E-state index contributed by atoms with van der Waals surface area (Å²) in [6, 6.07) is 4.33. The van der Waals surface area contributed by atoms with Crippen LogP contribution in [0.25, 0.3) is 0 Å². The van der Waals surface area contributed by atoms with Crippen molar-refractivity contribution in [3.8, 4) is 0 Å². The van der Waals surface area contributed by atoms with E-state index < -0.39 is 9.05 Å². The normalized spacial score (nSPS) is 17.4. The van der Waals surface area contributed by atoms with Crippen molar-refractivity contribution in [1.82, 2.24) is 5.32 Å². The number of halogens is 1. The molecule has 1 aromatic rings. The van der Waals surface area contributed by atoms with E-state index in [0.717, 1.165) is 18.4 Å². The molecule has 0 atom stereocenters. The van der Waals surface area contributed by atoms with Crippen LogP contribution in [0.2, 0.25) is 0 Å². The van der Waals surface area contributed by atoms with Gasteiger partial charge in [0.05, 0.1) is 4.90 Å². The predicted molar refractivity (Wildman–Crippen MR) is 78.5 cm³/mol. The van der Waals surface area contributed by atoms with Crippen LogP contribution in [0.3, 0.4) is 0 Å². The molecule has 0 heterocycles. The Kier molecular flexibility index (Phi) is 4.12. The second kappa shape index (κ2) is 5.37. The number of hydrogen-bond acceptors (Lipinski definition) is 3. The van der Waals surface area contributed by atoms with Crippen LogP contribution in [-0.4, -0.2) is 20.9 Å². The molecule has 0 saturated heterocycles. The van der Waals surface area contributed by atoms with Crippen molar-refractivity contribution in [2.24, 2.45) is 5.41 Å². The Balaban J connectivity index is 2.16. The van der Waals surface area contributed by atoms with Gasteiger partial charge in [-0.3, -0.25) is 4.79 Å². The molecule has 20 heavy (non-hydrogen) atoms. The molecule has 0 aliphatic heterocycles. The van der Waals surface area contributed by atoms with Gasteiger partial charge in [-0.05, 0) is 42.9 Å². The molecule has 1 aliphatic carbocycles. The van der Waals surface area contributed by atoms with Crippen LogP contribution in [0.4, 0.5) is 0 Å². The van der Waals surface area contributed by atoms with E-state index in [0.29, 0.717) is 12.1 Å². The highest BCUT2D eigenvalue weighted by molar-refractivity contribution is 8.13. The van der Waals surface area contributed by atoms with E-state index in [-0.39, 0.29) is 16.2 Å². The van der Waals surface area contributed by atoms with Crippen LogP contribution in [0, 0.1) is 12.3 Å². The fraction of sp³-hybridized carbons (Fsp3) is 0.500. The van der Waals surface area contributed by atoms with Gasteiger partial charge in [0.1, 0.15) is 0 Å². The number of amides is 1. The maximum Gasteiger partial charge on any atom is 0.261 e. The van der Waals surface area contributed by atoms with Crippen LogP contribution in [0.15, 0.2) is 23.1 Å². The zero-order valence-corrected chi connectivity index (χ0v) is 13.1. The van der Waals surface area contributed by atoms with Crippen LogP contribution in [-0.2, 0) is 9.05 Å². The molecular weight excluding hydrogens is 298 g/mol. The van der Waals surface area contributed by atoms with E-state index in [9.17, 15) is 13.2 Å². The summed E-state index contributed by atoms with van der Waals surface area (Å²) in [5, 5.41) is 2.88. The second-order valence-electron chi connectivity index (χ2n) is 5.76. The van der Waals surface area contributed by atoms with Gasteiger partial charge in [0.2, 0.25) is 0 Å². The maximum absolute atomic E-state index is 12.2.